The van der Waals surface area contributed by atoms with Crippen molar-refractivity contribution in [2.24, 2.45) is 0 Å². The molecular weight excluding hydrogens is 218 g/mol. The molecule has 7 heteroatoms. The standard InChI is InChI=1S/C8H5F4NO2/c9-6-4(13)2-1-3(7(14)15)5(6)8(10,11)12/h1-2H,13H2,(H,14,15). The highest BCUT2D eigenvalue weighted by atomic mass is 19.4. The number of halogens is 4. The zero-order valence-corrected chi connectivity index (χ0v) is 7.10. The third-order valence-corrected chi connectivity index (χ3v) is 1.69. The van der Waals surface area contributed by atoms with E-state index in [2.05, 4.69) is 0 Å². The molecule has 3 nitrogen and oxygen atoms in total. The summed E-state index contributed by atoms with van der Waals surface area (Å²) in [5.74, 6) is -3.62. The SMILES string of the molecule is Nc1ccc(C(=O)O)c(C(F)(F)F)c1F. The summed E-state index contributed by atoms with van der Waals surface area (Å²) in [7, 11) is 0. The first-order chi connectivity index (χ1) is 6.75. The maximum Gasteiger partial charge on any atom is 0.420 e. The molecule has 0 fully saturated rings. The number of carboxylic acid groups (broad SMARTS) is 1. The van der Waals surface area contributed by atoms with E-state index in [-0.39, 0.29) is 0 Å². The molecule has 0 aliphatic heterocycles. The normalized spacial score (nSPS) is 11.5. The summed E-state index contributed by atoms with van der Waals surface area (Å²) in [6.45, 7) is 0. The van der Waals surface area contributed by atoms with E-state index in [4.69, 9.17) is 10.8 Å². The molecule has 1 aromatic carbocycles. The van der Waals surface area contributed by atoms with Gasteiger partial charge in [0.15, 0.2) is 5.82 Å². The third kappa shape index (κ3) is 2.00. The first-order valence-electron chi connectivity index (χ1n) is 3.63. The Morgan fingerprint density at radius 2 is 1.87 bits per heavy atom. The molecule has 0 atom stereocenters. The van der Waals surface area contributed by atoms with Crippen LogP contribution in [0.3, 0.4) is 0 Å². The molecule has 15 heavy (non-hydrogen) atoms. The Bertz CT molecular complexity index is 414. The van der Waals surface area contributed by atoms with E-state index in [1.165, 1.54) is 0 Å². The summed E-state index contributed by atoms with van der Waals surface area (Å²) < 4.78 is 49.9. The highest BCUT2D eigenvalue weighted by Gasteiger charge is 2.39. The van der Waals surface area contributed by atoms with Crippen molar-refractivity contribution in [1.82, 2.24) is 0 Å². The number of nitrogen functional groups attached to an aromatic ring is 1. The van der Waals surface area contributed by atoms with E-state index in [1.54, 1.807) is 0 Å². The molecule has 0 bridgehead atoms. The van der Waals surface area contributed by atoms with Gasteiger partial charge in [0, 0.05) is 0 Å². The number of aromatic carboxylic acids is 1. The van der Waals surface area contributed by atoms with Gasteiger partial charge in [-0.15, -0.1) is 0 Å². The van der Waals surface area contributed by atoms with Gasteiger partial charge in [-0.1, -0.05) is 0 Å². The molecule has 82 valence electrons. The van der Waals surface area contributed by atoms with Gasteiger partial charge in [0.2, 0.25) is 0 Å². The average molecular weight is 223 g/mol. The maximum atomic E-state index is 13.0. The second-order valence-corrected chi connectivity index (χ2v) is 2.69. The van der Waals surface area contributed by atoms with Gasteiger partial charge in [0.1, 0.15) is 5.56 Å². The van der Waals surface area contributed by atoms with Crippen LogP contribution in [0, 0.1) is 5.82 Å². The number of hydrogen-bond donors (Lipinski definition) is 2. The number of rotatable bonds is 1. The lowest BCUT2D eigenvalue weighted by molar-refractivity contribution is -0.140. The van der Waals surface area contributed by atoms with Crippen LogP contribution >= 0.6 is 0 Å². The van der Waals surface area contributed by atoms with Crippen LogP contribution in [0.15, 0.2) is 12.1 Å². The van der Waals surface area contributed by atoms with Crippen LogP contribution in [0.2, 0.25) is 0 Å². The van der Waals surface area contributed by atoms with Gasteiger partial charge in [-0.2, -0.15) is 13.2 Å². The van der Waals surface area contributed by atoms with E-state index >= 15 is 0 Å². The fourth-order valence-electron chi connectivity index (χ4n) is 1.05. The molecular formula is C8H5F4NO2. The van der Waals surface area contributed by atoms with Crippen LogP contribution in [0.25, 0.3) is 0 Å². The highest BCUT2D eigenvalue weighted by molar-refractivity contribution is 5.90. The van der Waals surface area contributed by atoms with Crippen molar-refractivity contribution in [3.05, 3.63) is 29.1 Å². The van der Waals surface area contributed by atoms with E-state index in [0.717, 1.165) is 6.07 Å². The van der Waals surface area contributed by atoms with Gasteiger partial charge in [0.05, 0.1) is 11.3 Å². The van der Waals surface area contributed by atoms with Crippen LogP contribution in [-0.4, -0.2) is 11.1 Å². The summed E-state index contributed by atoms with van der Waals surface area (Å²) in [4.78, 5) is 10.4. The molecule has 0 heterocycles. The average Bonchev–Trinajstić information content (AvgIpc) is 2.06. The Morgan fingerprint density at radius 3 is 2.27 bits per heavy atom. The van der Waals surface area contributed by atoms with Gasteiger partial charge in [0.25, 0.3) is 0 Å². The van der Waals surface area contributed by atoms with Gasteiger partial charge >= 0.3 is 12.1 Å². The van der Waals surface area contributed by atoms with E-state index in [9.17, 15) is 22.4 Å². The van der Waals surface area contributed by atoms with E-state index < -0.39 is 34.8 Å². The zero-order chi connectivity index (χ0) is 11.8. The van der Waals surface area contributed by atoms with Gasteiger partial charge in [-0.05, 0) is 12.1 Å². The first-order valence-corrected chi connectivity index (χ1v) is 3.63. The monoisotopic (exact) mass is 223 g/mol. The number of anilines is 1. The summed E-state index contributed by atoms with van der Waals surface area (Å²) >= 11 is 0. The number of alkyl halides is 3. The van der Waals surface area contributed by atoms with Gasteiger partial charge in [-0.25, -0.2) is 9.18 Å². The van der Waals surface area contributed by atoms with Crippen molar-refractivity contribution in [1.29, 1.82) is 0 Å². The second kappa shape index (κ2) is 3.41. The Morgan fingerprint density at radius 1 is 1.33 bits per heavy atom. The number of nitrogens with two attached hydrogens (primary N) is 1. The summed E-state index contributed by atoms with van der Waals surface area (Å²) in [6, 6.07) is 1.39. The lowest BCUT2D eigenvalue weighted by Crippen LogP contribution is -2.16. The fourth-order valence-corrected chi connectivity index (χ4v) is 1.05. The summed E-state index contributed by atoms with van der Waals surface area (Å²) in [6.07, 6.45) is -5.09. The molecule has 1 aromatic rings. The maximum absolute atomic E-state index is 13.0. The quantitative estimate of drug-likeness (QED) is 0.566. The van der Waals surface area contributed by atoms with E-state index in [1.807, 2.05) is 0 Å². The van der Waals surface area contributed by atoms with Crippen molar-refractivity contribution < 1.29 is 27.5 Å². The lowest BCUT2D eigenvalue weighted by Gasteiger charge is -2.12. The van der Waals surface area contributed by atoms with Crippen LogP contribution in [-0.2, 0) is 6.18 Å². The highest BCUT2D eigenvalue weighted by Crippen LogP contribution is 2.35. The number of carbonyl (C=O) groups is 1. The predicted molar refractivity (Wildman–Crippen MR) is 42.8 cm³/mol. The number of benzene rings is 1. The fraction of sp³-hybridized carbons (Fsp3) is 0.125. The first kappa shape index (κ1) is 11.3. The van der Waals surface area contributed by atoms with Crippen molar-refractivity contribution in [3.63, 3.8) is 0 Å². The summed E-state index contributed by atoms with van der Waals surface area (Å²) in [5, 5.41) is 8.44. The Hall–Kier alpha value is -1.79. The molecule has 1 rings (SSSR count). The molecule has 0 unspecified atom stereocenters. The third-order valence-electron chi connectivity index (χ3n) is 1.69. The van der Waals surface area contributed by atoms with Gasteiger partial charge < -0.3 is 10.8 Å². The molecule has 0 amide bonds. The van der Waals surface area contributed by atoms with Crippen molar-refractivity contribution in [3.8, 4) is 0 Å². The molecule has 0 spiro atoms. The minimum absolute atomic E-state index is 0.615. The van der Waals surface area contributed by atoms with Crippen LogP contribution in [0.1, 0.15) is 15.9 Å². The van der Waals surface area contributed by atoms with Crippen LogP contribution in [0.4, 0.5) is 23.2 Å². The molecule has 3 N–H and O–H groups in total. The predicted octanol–water partition coefficient (Wildman–Crippen LogP) is 2.12. The Kier molecular flexibility index (Phi) is 2.57. The second-order valence-electron chi connectivity index (χ2n) is 2.69. The summed E-state index contributed by atoms with van der Waals surface area (Å²) in [5.41, 5.74) is 1.17. The molecule has 0 saturated carbocycles. The molecule has 0 radical (unpaired) electrons. The molecule has 0 aliphatic carbocycles. The minimum atomic E-state index is -5.09. The van der Waals surface area contributed by atoms with E-state index in [0.29, 0.717) is 6.07 Å². The van der Waals surface area contributed by atoms with Crippen LogP contribution in [0.5, 0.6) is 0 Å². The lowest BCUT2D eigenvalue weighted by atomic mass is 10.1. The largest absolute Gasteiger partial charge is 0.478 e. The van der Waals surface area contributed by atoms with Crippen molar-refractivity contribution in [2.75, 3.05) is 5.73 Å². The smallest absolute Gasteiger partial charge is 0.420 e. The minimum Gasteiger partial charge on any atom is -0.478 e. The molecule has 0 aromatic heterocycles. The Labute approximate surface area is 81.1 Å². The Balaban J connectivity index is 3.57. The van der Waals surface area contributed by atoms with Crippen molar-refractivity contribution in [2.45, 2.75) is 6.18 Å². The van der Waals surface area contributed by atoms with Crippen LogP contribution < -0.4 is 5.73 Å². The topological polar surface area (TPSA) is 63.3 Å². The van der Waals surface area contributed by atoms with Crippen molar-refractivity contribution >= 4 is 11.7 Å². The number of hydrogen-bond acceptors (Lipinski definition) is 2. The van der Waals surface area contributed by atoms with Gasteiger partial charge in [-0.3, -0.25) is 0 Å². The number of carboxylic acids is 1. The molecule has 0 saturated heterocycles. The molecule has 0 aliphatic rings. The zero-order valence-electron chi connectivity index (χ0n) is 7.10.